The summed E-state index contributed by atoms with van der Waals surface area (Å²) in [5.41, 5.74) is -0.257. The van der Waals surface area contributed by atoms with Gasteiger partial charge in [-0.3, -0.25) is 0 Å². The van der Waals surface area contributed by atoms with Crippen LogP contribution in [-0.2, 0) is 6.54 Å². The van der Waals surface area contributed by atoms with E-state index in [0.717, 1.165) is 16.4 Å². The number of aromatic nitrogens is 1. The lowest BCUT2D eigenvalue weighted by Crippen LogP contribution is -2.44. The molecule has 1 rings (SSSR count). The summed E-state index contributed by atoms with van der Waals surface area (Å²) in [7, 11) is 5.54. The van der Waals surface area contributed by atoms with Gasteiger partial charge in [-0.1, -0.05) is 18.3 Å². The van der Waals surface area contributed by atoms with Crippen molar-refractivity contribution in [3.05, 3.63) is 4.88 Å². The minimum atomic E-state index is -0.257. The van der Waals surface area contributed by atoms with Gasteiger partial charge in [0, 0.05) is 26.2 Å². The van der Waals surface area contributed by atoms with Crippen LogP contribution in [0.5, 0.6) is 5.88 Å². The summed E-state index contributed by atoms with van der Waals surface area (Å²) < 4.78 is 5.28. The molecule has 18 heavy (non-hydrogen) atoms. The van der Waals surface area contributed by atoms with Gasteiger partial charge in [0.15, 0.2) is 5.13 Å². The molecule has 0 fully saturated rings. The normalized spacial score (nSPS) is 14.3. The van der Waals surface area contributed by atoms with Gasteiger partial charge >= 0.3 is 0 Å². The van der Waals surface area contributed by atoms with Crippen LogP contribution in [0.4, 0.5) is 5.13 Å². The summed E-state index contributed by atoms with van der Waals surface area (Å²) in [6.07, 6.45) is 0.866. The van der Waals surface area contributed by atoms with E-state index in [9.17, 15) is 5.11 Å². The van der Waals surface area contributed by atoms with E-state index in [2.05, 4.69) is 17.2 Å². The molecule has 104 valence electrons. The number of methoxy groups -OCH3 is 1. The SMILES string of the molecule is CCC(C)(CO)NCc1sc(N(C)C)nc1OC. The molecule has 6 heteroatoms. The molecule has 0 amide bonds. The predicted octanol–water partition coefficient (Wildman–Crippen LogP) is 1.47. The molecule has 0 aliphatic carbocycles. The summed E-state index contributed by atoms with van der Waals surface area (Å²) in [5.74, 6) is 0.660. The van der Waals surface area contributed by atoms with E-state index in [1.807, 2.05) is 25.9 Å². The van der Waals surface area contributed by atoms with Crippen LogP contribution in [0.15, 0.2) is 0 Å². The number of aliphatic hydroxyl groups excluding tert-OH is 1. The summed E-state index contributed by atoms with van der Waals surface area (Å²) >= 11 is 1.60. The first-order chi connectivity index (χ1) is 8.45. The van der Waals surface area contributed by atoms with Crippen molar-refractivity contribution in [3.63, 3.8) is 0 Å². The molecule has 2 N–H and O–H groups in total. The van der Waals surface area contributed by atoms with Crippen molar-refractivity contribution in [2.45, 2.75) is 32.4 Å². The van der Waals surface area contributed by atoms with E-state index in [4.69, 9.17) is 4.74 Å². The number of anilines is 1. The molecule has 0 aromatic carbocycles. The van der Waals surface area contributed by atoms with Gasteiger partial charge in [-0.05, 0) is 13.3 Å². The minimum absolute atomic E-state index is 0.116. The Bertz CT molecular complexity index is 375. The van der Waals surface area contributed by atoms with Gasteiger partial charge in [0.2, 0.25) is 5.88 Å². The quantitative estimate of drug-likeness (QED) is 0.788. The highest BCUT2D eigenvalue weighted by Crippen LogP contribution is 2.30. The minimum Gasteiger partial charge on any atom is -0.480 e. The van der Waals surface area contributed by atoms with E-state index in [-0.39, 0.29) is 12.1 Å². The summed E-state index contributed by atoms with van der Waals surface area (Å²) in [5, 5.41) is 13.7. The van der Waals surface area contributed by atoms with Gasteiger partial charge in [0.1, 0.15) is 0 Å². The summed E-state index contributed by atoms with van der Waals surface area (Å²) in [6, 6.07) is 0. The van der Waals surface area contributed by atoms with Crippen LogP contribution in [0, 0.1) is 0 Å². The summed E-state index contributed by atoms with van der Waals surface area (Å²) in [4.78, 5) is 7.41. The molecule has 0 bridgehead atoms. The van der Waals surface area contributed by atoms with Gasteiger partial charge in [0.05, 0.1) is 18.6 Å². The Morgan fingerprint density at radius 3 is 2.61 bits per heavy atom. The van der Waals surface area contributed by atoms with Crippen molar-refractivity contribution < 1.29 is 9.84 Å². The van der Waals surface area contributed by atoms with Crippen LogP contribution in [-0.4, -0.2) is 43.4 Å². The Morgan fingerprint density at radius 2 is 2.17 bits per heavy atom. The molecule has 0 saturated heterocycles. The van der Waals surface area contributed by atoms with Crippen LogP contribution in [0.1, 0.15) is 25.1 Å². The first kappa shape index (κ1) is 15.2. The smallest absolute Gasteiger partial charge is 0.230 e. The average molecular weight is 273 g/mol. The largest absolute Gasteiger partial charge is 0.480 e. The third-order valence-corrected chi connectivity index (χ3v) is 4.24. The number of thiazole rings is 1. The molecular weight excluding hydrogens is 250 g/mol. The Hall–Kier alpha value is -0.850. The fourth-order valence-corrected chi connectivity index (χ4v) is 2.27. The van der Waals surface area contributed by atoms with Crippen LogP contribution < -0.4 is 15.0 Å². The van der Waals surface area contributed by atoms with Gasteiger partial charge in [0.25, 0.3) is 0 Å². The number of aliphatic hydroxyl groups is 1. The molecule has 5 nitrogen and oxygen atoms in total. The summed E-state index contributed by atoms with van der Waals surface area (Å²) in [6.45, 7) is 4.83. The highest BCUT2D eigenvalue weighted by atomic mass is 32.1. The first-order valence-corrected chi connectivity index (χ1v) is 6.84. The molecule has 0 radical (unpaired) electrons. The van der Waals surface area contributed by atoms with Crippen molar-refractivity contribution in [1.29, 1.82) is 0 Å². The lowest BCUT2D eigenvalue weighted by Gasteiger charge is -2.27. The number of nitrogens with zero attached hydrogens (tertiary/aromatic N) is 2. The molecule has 0 spiro atoms. The number of hydrogen-bond donors (Lipinski definition) is 2. The van der Waals surface area contributed by atoms with E-state index < -0.39 is 0 Å². The number of rotatable bonds is 7. The molecule has 1 aromatic rings. The predicted molar refractivity (Wildman–Crippen MR) is 75.6 cm³/mol. The second kappa shape index (κ2) is 6.36. The van der Waals surface area contributed by atoms with Crippen molar-refractivity contribution >= 4 is 16.5 Å². The van der Waals surface area contributed by atoms with Crippen LogP contribution in [0.3, 0.4) is 0 Å². The van der Waals surface area contributed by atoms with Crippen molar-refractivity contribution in [3.8, 4) is 5.88 Å². The highest BCUT2D eigenvalue weighted by molar-refractivity contribution is 7.15. The zero-order valence-corrected chi connectivity index (χ0v) is 12.6. The molecule has 1 aromatic heterocycles. The Labute approximate surface area is 113 Å². The third-order valence-electron chi connectivity index (χ3n) is 3.03. The second-order valence-electron chi connectivity index (χ2n) is 4.75. The molecule has 1 heterocycles. The third kappa shape index (κ3) is 3.57. The van der Waals surface area contributed by atoms with E-state index in [0.29, 0.717) is 12.4 Å². The highest BCUT2D eigenvalue weighted by Gasteiger charge is 2.22. The molecule has 0 saturated carbocycles. The van der Waals surface area contributed by atoms with E-state index in [1.165, 1.54) is 0 Å². The Morgan fingerprint density at radius 1 is 1.50 bits per heavy atom. The van der Waals surface area contributed by atoms with Crippen molar-refractivity contribution in [1.82, 2.24) is 10.3 Å². The van der Waals surface area contributed by atoms with Crippen molar-refractivity contribution in [2.75, 3.05) is 32.7 Å². The molecule has 1 unspecified atom stereocenters. The molecular formula is C12H23N3O2S. The van der Waals surface area contributed by atoms with Gasteiger partial charge in [-0.25, -0.2) is 0 Å². The van der Waals surface area contributed by atoms with Crippen LogP contribution >= 0.6 is 11.3 Å². The Kier molecular flexibility index (Phi) is 5.37. The first-order valence-electron chi connectivity index (χ1n) is 6.02. The maximum Gasteiger partial charge on any atom is 0.230 e. The lowest BCUT2D eigenvalue weighted by atomic mass is 10.0. The number of nitrogens with one attached hydrogen (secondary N) is 1. The van der Waals surface area contributed by atoms with E-state index >= 15 is 0 Å². The maximum atomic E-state index is 9.37. The fourth-order valence-electron chi connectivity index (χ4n) is 1.37. The number of hydrogen-bond acceptors (Lipinski definition) is 6. The molecule has 1 atom stereocenters. The monoisotopic (exact) mass is 273 g/mol. The van der Waals surface area contributed by atoms with Crippen LogP contribution in [0.25, 0.3) is 0 Å². The average Bonchev–Trinajstić information content (AvgIpc) is 2.79. The number of ether oxygens (including phenoxy) is 1. The molecule has 0 aliphatic heterocycles. The van der Waals surface area contributed by atoms with Crippen LogP contribution in [0.2, 0.25) is 0 Å². The Balaban J connectivity index is 2.77. The zero-order valence-electron chi connectivity index (χ0n) is 11.8. The zero-order chi connectivity index (χ0) is 13.8. The van der Waals surface area contributed by atoms with Crippen molar-refractivity contribution in [2.24, 2.45) is 0 Å². The van der Waals surface area contributed by atoms with Gasteiger partial charge in [-0.2, -0.15) is 4.98 Å². The van der Waals surface area contributed by atoms with E-state index in [1.54, 1.807) is 18.4 Å². The topological polar surface area (TPSA) is 57.6 Å². The van der Waals surface area contributed by atoms with Gasteiger partial charge in [-0.15, -0.1) is 0 Å². The fraction of sp³-hybridized carbons (Fsp3) is 0.750. The second-order valence-corrected chi connectivity index (χ2v) is 5.81. The van der Waals surface area contributed by atoms with Gasteiger partial charge < -0.3 is 20.1 Å². The lowest BCUT2D eigenvalue weighted by molar-refractivity contribution is 0.169. The molecule has 0 aliphatic rings. The maximum absolute atomic E-state index is 9.37. The standard InChI is InChI=1S/C12H23N3O2S/c1-6-12(2,8-16)13-7-9-10(17-5)14-11(18-9)15(3)4/h13,16H,6-8H2,1-5H3.